The molecule has 4 nitrogen and oxygen atoms in total. The van der Waals surface area contributed by atoms with E-state index >= 15 is 0 Å². The van der Waals surface area contributed by atoms with E-state index in [0.717, 1.165) is 0 Å². The average molecular weight is 240 g/mol. The second kappa shape index (κ2) is 5.07. The van der Waals surface area contributed by atoms with Gasteiger partial charge in [0.25, 0.3) is 0 Å². The summed E-state index contributed by atoms with van der Waals surface area (Å²) in [5.74, 6) is 0.418. The van der Waals surface area contributed by atoms with Crippen LogP contribution in [0.5, 0.6) is 0 Å². The molecule has 1 fully saturated rings. The van der Waals surface area contributed by atoms with Crippen molar-refractivity contribution in [3.8, 4) is 0 Å². The van der Waals surface area contributed by atoms with Crippen LogP contribution in [0.2, 0.25) is 0 Å². The molecule has 98 valence electrons. The summed E-state index contributed by atoms with van der Waals surface area (Å²) < 4.78 is 0. The van der Waals surface area contributed by atoms with Crippen LogP contribution in [0.3, 0.4) is 0 Å². The van der Waals surface area contributed by atoms with Crippen molar-refractivity contribution in [1.82, 2.24) is 10.2 Å². The number of amides is 2. The maximum Gasteiger partial charge on any atom is 0.248 e. The molecule has 1 aliphatic heterocycles. The third-order valence-electron chi connectivity index (χ3n) is 3.89. The van der Waals surface area contributed by atoms with Crippen molar-refractivity contribution in [3.63, 3.8) is 0 Å². The molecule has 1 N–H and O–H groups in total. The Morgan fingerprint density at radius 2 is 1.94 bits per heavy atom. The number of rotatable bonds is 3. The van der Waals surface area contributed by atoms with Gasteiger partial charge in [0, 0.05) is 19.0 Å². The zero-order valence-electron chi connectivity index (χ0n) is 11.5. The molecule has 2 unspecified atom stereocenters. The van der Waals surface area contributed by atoms with Crippen LogP contribution in [0.15, 0.2) is 0 Å². The van der Waals surface area contributed by atoms with Gasteiger partial charge in [0.15, 0.2) is 0 Å². The van der Waals surface area contributed by atoms with Gasteiger partial charge in [-0.05, 0) is 26.2 Å². The number of hydrogen-bond acceptors (Lipinski definition) is 2. The van der Waals surface area contributed by atoms with Crippen LogP contribution >= 0.6 is 0 Å². The molecule has 2 atom stereocenters. The Morgan fingerprint density at radius 3 is 2.41 bits per heavy atom. The lowest BCUT2D eigenvalue weighted by atomic mass is 9.95. The van der Waals surface area contributed by atoms with Gasteiger partial charge in [0.2, 0.25) is 11.8 Å². The van der Waals surface area contributed by atoms with Crippen molar-refractivity contribution < 1.29 is 9.59 Å². The molecule has 0 aromatic rings. The fraction of sp³-hybridized carbons (Fsp3) is 0.846. The molecular weight excluding hydrogens is 216 g/mol. The third-order valence-corrected chi connectivity index (χ3v) is 3.89. The van der Waals surface area contributed by atoms with E-state index in [1.165, 1.54) is 0 Å². The van der Waals surface area contributed by atoms with Gasteiger partial charge in [0.05, 0.1) is 0 Å². The van der Waals surface area contributed by atoms with Crippen molar-refractivity contribution in [1.29, 1.82) is 0 Å². The highest BCUT2D eigenvalue weighted by Gasteiger charge is 2.40. The van der Waals surface area contributed by atoms with Gasteiger partial charge in [-0.3, -0.25) is 9.59 Å². The zero-order chi connectivity index (χ0) is 13.2. The van der Waals surface area contributed by atoms with Crippen LogP contribution in [0.4, 0.5) is 0 Å². The SMILES string of the molecule is CCC1(C)NC(=O)CCN(C(C)C(C)C)C1=O. The van der Waals surface area contributed by atoms with E-state index in [2.05, 4.69) is 26.1 Å². The Morgan fingerprint density at radius 1 is 1.35 bits per heavy atom. The lowest BCUT2D eigenvalue weighted by Gasteiger charge is -2.36. The first-order valence-corrected chi connectivity index (χ1v) is 6.44. The Labute approximate surface area is 104 Å². The molecule has 0 aromatic heterocycles. The molecule has 0 bridgehead atoms. The van der Waals surface area contributed by atoms with E-state index in [0.29, 0.717) is 25.3 Å². The number of carbonyl (C=O) groups excluding carboxylic acids is 2. The van der Waals surface area contributed by atoms with Crippen LogP contribution in [-0.4, -0.2) is 34.8 Å². The second-order valence-electron chi connectivity index (χ2n) is 5.47. The topological polar surface area (TPSA) is 49.4 Å². The first kappa shape index (κ1) is 14.0. The average Bonchev–Trinajstić information content (AvgIpc) is 2.37. The van der Waals surface area contributed by atoms with E-state index in [1.54, 1.807) is 0 Å². The van der Waals surface area contributed by atoms with Crippen molar-refractivity contribution in [2.24, 2.45) is 5.92 Å². The molecule has 2 amide bonds. The summed E-state index contributed by atoms with van der Waals surface area (Å²) in [5.41, 5.74) is -0.739. The maximum atomic E-state index is 12.5. The van der Waals surface area contributed by atoms with Crippen LogP contribution < -0.4 is 5.32 Å². The Kier molecular flexibility index (Phi) is 4.17. The molecule has 1 rings (SSSR count). The van der Waals surface area contributed by atoms with E-state index in [9.17, 15) is 9.59 Å². The molecule has 1 saturated heterocycles. The molecular formula is C13H24N2O2. The largest absolute Gasteiger partial charge is 0.342 e. The molecule has 1 heterocycles. The van der Waals surface area contributed by atoms with Gasteiger partial charge >= 0.3 is 0 Å². The van der Waals surface area contributed by atoms with Gasteiger partial charge in [-0.25, -0.2) is 0 Å². The fourth-order valence-corrected chi connectivity index (χ4v) is 2.05. The molecule has 0 saturated carbocycles. The number of carbonyl (C=O) groups is 2. The summed E-state index contributed by atoms with van der Waals surface area (Å²) in [7, 11) is 0. The first-order valence-electron chi connectivity index (χ1n) is 6.44. The van der Waals surface area contributed by atoms with Gasteiger partial charge in [-0.2, -0.15) is 0 Å². The summed E-state index contributed by atoms with van der Waals surface area (Å²) in [6, 6.07) is 0.168. The van der Waals surface area contributed by atoms with Crippen LogP contribution in [0.1, 0.15) is 47.5 Å². The second-order valence-corrected chi connectivity index (χ2v) is 5.47. The predicted molar refractivity (Wildman–Crippen MR) is 67.5 cm³/mol. The zero-order valence-corrected chi connectivity index (χ0v) is 11.5. The van der Waals surface area contributed by atoms with Crippen molar-refractivity contribution in [2.45, 2.75) is 59.0 Å². The van der Waals surface area contributed by atoms with Crippen molar-refractivity contribution in [2.75, 3.05) is 6.54 Å². The summed E-state index contributed by atoms with van der Waals surface area (Å²) in [6.45, 7) is 10.5. The number of nitrogens with zero attached hydrogens (tertiary/aromatic N) is 1. The quantitative estimate of drug-likeness (QED) is 0.813. The lowest BCUT2D eigenvalue weighted by Crippen LogP contribution is -2.56. The van der Waals surface area contributed by atoms with E-state index < -0.39 is 5.54 Å². The summed E-state index contributed by atoms with van der Waals surface area (Å²) in [5, 5.41) is 2.85. The Hall–Kier alpha value is -1.06. The standard InChI is InChI=1S/C13H24N2O2/c1-6-13(5)12(17)15(10(4)9(2)3)8-7-11(16)14-13/h9-10H,6-8H2,1-5H3,(H,14,16). The highest BCUT2D eigenvalue weighted by atomic mass is 16.2. The molecule has 0 aliphatic carbocycles. The number of hydrogen-bond donors (Lipinski definition) is 1. The fourth-order valence-electron chi connectivity index (χ4n) is 2.05. The Balaban J connectivity index is 2.99. The first-order chi connectivity index (χ1) is 7.81. The molecule has 17 heavy (non-hydrogen) atoms. The maximum absolute atomic E-state index is 12.5. The molecule has 0 spiro atoms. The van der Waals surface area contributed by atoms with Crippen LogP contribution in [-0.2, 0) is 9.59 Å². The minimum absolute atomic E-state index is 0.0267. The van der Waals surface area contributed by atoms with Crippen LogP contribution in [0.25, 0.3) is 0 Å². The van der Waals surface area contributed by atoms with E-state index in [-0.39, 0.29) is 17.9 Å². The van der Waals surface area contributed by atoms with Crippen molar-refractivity contribution in [3.05, 3.63) is 0 Å². The minimum Gasteiger partial charge on any atom is -0.342 e. The summed E-state index contributed by atoms with van der Waals surface area (Å²) >= 11 is 0. The highest BCUT2D eigenvalue weighted by molar-refractivity contribution is 5.93. The van der Waals surface area contributed by atoms with Gasteiger partial charge < -0.3 is 10.2 Å². The van der Waals surface area contributed by atoms with E-state index in [4.69, 9.17) is 0 Å². The van der Waals surface area contributed by atoms with Gasteiger partial charge in [-0.1, -0.05) is 20.8 Å². The lowest BCUT2D eigenvalue weighted by molar-refractivity contribution is -0.140. The number of nitrogens with one attached hydrogen (secondary N) is 1. The molecule has 1 aliphatic rings. The van der Waals surface area contributed by atoms with Gasteiger partial charge in [-0.15, -0.1) is 0 Å². The van der Waals surface area contributed by atoms with Crippen molar-refractivity contribution >= 4 is 11.8 Å². The van der Waals surface area contributed by atoms with E-state index in [1.807, 2.05) is 18.7 Å². The Bertz CT molecular complexity index is 315. The molecule has 0 radical (unpaired) electrons. The molecule has 4 heteroatoms. The minimum atomic E-state index is -0.739. The third kappa shape index (κ3) is 2.79. The summed E-state index contributed by atoms with van der Waals surface area (Å²) in [6.07, 6.45) is 1.03. The normalized spacial score (nSPS) is 28.0. The predicted octanol–water partition coefficient (Wildman–Crippen LogP) is 1.55. The molecule has 0 aromatic carbocycles. The van der Waals surface area contributed by atoms with Gasteiger partial charge in [0.1, 0.15) is 5.54 Å². The van der Waals surface area contributed by atoms with Crippen LogP contribution in [0, 0.1) is 5.92 Å². The highest BCUT2D eigenvalue weighted by Crippen LogP contribution is 2.22. The summed E-state index contributed by atoms with van der Waals surface area (Å²) in [4.78, 5) is 26.0. The smallest absolute Gasteiger partial charge is 0.248 e. The monoisotopic (exact) mass is 240 g/mol.